The van der Waals surface area contributed by atoms with Crippen LogP contribution < -0.4 is 11.0 Å². The average Bonchev–Trinajstić information content (AvgIpc) is 3.15. The fourth-order valence-electron chi connectivity index (χ4n) is 3.47. The Hall–Kier alpha value is -3.46. The highest BCUT2D eigenvalue weighted by molar-refractivity contribution is 5.89. The first kappa shape index (κ1) is 19.8. The van der Waals surface area contributed by atoms with E-state index in [1.165, 1.54) is 10.8 Å². The van der Waals surface area contributed by atoms with Crippen LogP contribution in [0.3, 0.4) is 0 Å². The number of carbonyl (C=O) groups excluding carboxylic acids is 1. The Morgan fingerprint density at radius 2 is 1.97 bits per heavy atom. The van der Waals surface area contributed by atoms with E-state index in [1.54, 1.807) is 17.2 Å². The Bertz CT molecular complexity index is 1070. The lowest BCUT2D eigenvalue weighted by Gasteiger charge is -2.34. The number of rotatable bonds is 5. The average molecular weight is 408 g/mol. The highest BCUT2D eigenvalue weighted by atomic mass is 16.5. The zero-order valence-electron chi connectivity index (χ0n) is 16.8. The molecule has 9 nitrogen and oxygen atoms in total. The summed E-state index contributed by atoms with van der Waals surface area (Å²) in [5.41, 5.74) is 2.19. The quantitative estimate of drug-likeness (QED) is 0.693. The smallest absolute Gasteiger partial charge is 0.347 e. The Kier molecular flexibility index (Phi) is 5.89. The fraction of sp³-hybridized carbons (Fsp3) is 0.333. The molecule has 9 heteroatoms. The van der Waals surface area contributed by atoms with Crippen molar-refractivity contribution >= 4 is 11.7 Å². The van der Waals surface area contributed by atoms with Crippen molar-refractivity contribution in [3.05, 3.63) is 76.3 Å². The summed E-state index contributed by atoms with van der Waals surface area (Å²) in [5.74, 6) is 0.843. The maximum absolute atomic E-state index is 12.7. The molecule has 0 spiro atoms. The van der Waals surface area contributed by atoms with Gasteiger partial charge in [-0.1, -0.05) is 17.3 Å². The molecule has 1 aliphatic heterocycles. The van der Waals surface area contributed by atoms with E-state index < -0.39 is 0 Å². The summed E-state index contributed by atoms with van der Waals surface area (Å²) in [6.07, 6.45) is 3.17. The van der Waals surface area contributed by atoms with Gasteiger partial charge < -0.3 is 14.7 Å². The molecule has 0 aliphatic carbocycles. The van der Waals surface area contributed by atoms with Crippen molar-refractivity contribution in [2.75, 3.05) is 31.5 Å². The van der Waals surface area contributed by atoms with E-state index in [4.69, 9.17) is 4.52 Å². The number of hydrogen-bond acceptors (Lipinski definition) is 6. The second-order valence-corrected chi connectivity index (χ2v) is 7.36. The number of hydrogen-bond donors (Lipinski definition) is 1. The first-order valence-corrected chi connectivity index (χ1v) is 9.88. The molecule has 1 aromatic carbocycles. The van der Waals surface area contributed by atoms with Gasteiger partial charge in [0.05, 0.1) is 18.8 Å². The first-order chi connectivity index (χ1) is 14.6. The Balaban J connectivity index is 1.31. The monoisotopic (exact) mass is 408 g/mol. The molecule has 1 N–H and O–H groups in total. The van der Waals surface area contributed by atoms with Gasteiger partial charge in [-0.2, -0.15) is 0 Å². The van der Waals surface area contributed by atoms with E-state index in [9.17, 15) is 9.59 Å². The van der Waals surface area contributed by atoms with Crippen molar-refractivity contribution in [1.29, 1.82) is 0 Å². The van der Waals surface area contributed by atoms with Crippen molar-refractivity contribution in [1.82, 2.24) is 24.5 Å². The molecule has 0 bridgehead atoms. The van der Waals surface area contributed by atoms with Gasteiger partial charge in [0.1, 0.15) is 0 Å². The molecule has 0 atom stereocenters. The minimum atomic E-state index is -0.301. The molecule has 1 fully saturated rings. The van der Waals surface area contributed by atoms with Crippen molar-refractivity contribution in [3.63, 3.8) is 0 Å². The summed E-state index contributed by atoms with van der Waals surface area (Å²) in [6.45, 7) is 5.84. The summed E-state index contributed by atoms with van der Waals surface area (Å²) in [7, 11) is 0. The predicted octanol–water partition coefficient (Wildman–Crippen LogP) is 1.94. The van der Waals surface area contributed by atoms with Crippen molar-refractivity contribution in [2.45, 2.75) is 20.0 Å². The van der Waals surface area contributed by atoms with Gasteiger partial charge in [0.15, 0.2) is 5.76 Å². The molecule has 156 valence electrons. The number of benzene rings is 1. The minimum absolute atomic E-state index is 0.124. The zero-order chi connectivity index (χ0) is 20.9. The third-order valence-corrected chi connectivity index (χ3v) is 5.03. The molecule has 1 aliphatic rings. The summed E-state index contributed by atoms with van der Waals surface area (Å²) < 4.78 is 6.80. The Labute approximate surface area is 173 Å². The summed E-state index contributed by atoms with van der Waals surface area (Å²) in [6, 6.07) is 11.0. The highest BCUT2D eigenvalue weighted by Gasteiger charge is 2.22. The number of aryl methyl sites for hydroxylation is 1. The molecule has 0 radical (unpaired) electrons. The number of anilines is 1. The molecule has 4 rings (SSSR count). The molecule has 0 unspecified atom stereocenters. The summed E-state index contributed by atoms with van der Waals surface area (Å²) in [4.78, 5) is 32.3. The van der Waals surface area contributed by atoms with Gasteiger partial charge >= 0.3 is 11.7 Å². The fourth-order valence-corrected chi connectivity index (χ4v) is 3.47. The number of nitrogens with one attached hydrogen (secondary N) is 1. The van der Waals surface area contributed by atoms with E-state index in [-0.39, 0.29) is 11.7 Å². The van der Waals surface area contributed by atoms with Crippen molar-refractivity contribution in [2.24, 2.45) is 0 Å². The van der Waals surface area contributed by atoms with E-state index in [2.05, 4.69) is 20.4 Å². The number of carbonyl (C=O) groups is 1. The zero-order valence-corrected chi connectivity index (χ0v) is 16.8. The SMILES string of the molecule is Cc1cc(CN2CCN(C(=O)Nc3cccc(Cn4cccnc4=O)c3)CC2)on1. The van der Waals surface area contributed by atoms with Gasteiger partial charge in [-0.3, -0.25) is 9.47 Å². The lowest BCUT2D eigenvalue weighted by Crippen LogP contribution is -2.49. The molecule has 1 saturated heterocycles. The maximum Gasteiger partial charge on any atom is 0.347 e. The van der Waals surface area contributed by atoms with Gasteiger partial charge in [-0.25, -0.2) is 14.6 Å². The van der Waals surface area contributed by atoms with E-state index in [0.717, 1.165) is 30.1 Å². The largest absolute Gasteiger partial charge is 0.360 e. The number of aromatic nitrogens is 3. The van der Waals surface area contributed by atoms with Gasteiger partial charge in [-0.05, 0) is 30.7 Å². The molecular formula is C21H24N6O3. The van der Waals surface area contributed by atoms with E-state index >= 15 is 0 Å². The van der Waals surface area contributed by atoms with Crippen LogP contribution in [0.5, 0.6) is 0 Å². The van der Waals surface area contributed by atoms with Crippen molar-refractivity contribution in [3.8, 4) is 0 Å². The number of nitrogens with zero attached hydrogens (tertiary/aromatic N) is 5. The number of amides is 2. The molecule has 3 heterocycles. The van der Waals surface area contributed by atoms with Crippen LogP contribution >= 0.6 is 0 Å². The topological polar surface area (TPSA) is 96.5 Å². The van der Waals surface area contributed by atoms with E-state index in [1.807, 2.05) is 37.3 Å². The summed E-state index contributed by atoms with van der Waals surface area (Å²) in [5, 5.41) is 6.87. The third-order valence-electron chi connectivity index (χ3n) is 5.03. The van der Waals surface area contributed by atoms with Gasteiger partial charge in [0, 0.05) is 50.3 Å². The van der Waals surface area contributed by atoms with Crippen LogP contribution in [0.2, 0.25) is 0 Å². The molecule has 3 aromatic rings. The van der Waals surface area contributed by atoms with Gasteiger partial charge in [0.2, 0.25) is 0 Å². The van der Waals surface area contributed by atoms with Crippen LogP contribution in [-0.4, -0.2) is 56.7 Å². The molecule has 30 heavy (non-hydrogen) atoms. The van der Waals surface area contributed by atoms with Gasteiger partial charge in [0.25, 0.3) is 0 Å². The van der Waals surface area contributed by atoms with Gasteiger partial charge in [-0.15, -0.1) is 0 Å². The van der Waals surface area contributed by atoms with Crippen molar-refractivity contribution < 1.29 is 9.32 Å². The Morgan fingerprint density at radius 1 is 1.13 bits per heavy atom. The van der Waals surface area contributed by atoms with Crippen LogP contribution in [0.1, 0.15) is 17.0 Å². The van der Waals surface area contributed by atoms with Crippen LogP contribution in [0.25, 0.3) is 0 Å². The summed E-state index contributed by atoms with van der Waals surface area (Å²) >= 11 is 0. The van der Waals surface area contributed by atoms with Crippen LogP contribution in [0.15, 0.2) is 58.1 Å². The Morgan fingerprint density at radius 3 is 2.70 bits per heavy atom. The number of piperazine rings is 1. The molecule has 2 amide bonds. The minimum Gasteiger partial charge on any atom is -0.360 e. The highest BCUT2D eigenvalue weighted by Crippen LogP contribution is 2.14. The second kappa shape index (κ2) is 8.91. The van der Waals surface area contributed by atoms with Crippen LogP contribution in [0, 0.1) is 6.92 Å². The van der Waals surface area contributed by atoms with Crippen LogP contribution in [-0.2, 0) is 13.1 Å². The lowest BCUT2D eigenvalue weighted by atomic mass is 10.2. The standard InChI is InChI=1S/C21H24N6O3/c1-16-12-19(30-24-16)15-25-8-10-26(11-9-25)21(29)23-18-5-2-4-17(13-18)14-27-7-3-6-22-20(27)28/h2-7,12-13H,8-11,14-15H2,1H3,(H,23,29). The third kappa shape index (κ3) is 4.93. The van der Waals surface area contributed by atoms with E-state index in [0.29, 0.717) is 31.9 Å². The molecule has 0 saturated carbocycles. The second-order valence-electron chi connectivity index (χ2n) is 7.36. The normalized spacial score (nSPS) is 14.6. The molecule has 2 aromatic heterocycles. The lowest BCUT2D eigenvalue weighted by molar-refractivity contribution is 0.134. The van der Waals surface area contributed by atoms with Crippen LogP contribution in [0.4, 0.5) is 10.5 Å². The molecular weight excluding hydrogens is 384 g/mol. The maximum atomic E-state index is 12.7. The predicted molar refractivity (Wildman–Crippen MR) is 111 cm³/mol. The number of urea groups is 1. The first-order valence-electron chi connectivity index (χ1n) is 9.88.